The van der Waals surface area contributed by atoms with E-state index >= 15 is 0 Å². The molecule has 0 aliphatic rings. The van der Waals surface area contributed by atoms with Gasteiger partial charge in [-0.3, -0.25) is 0 Å². The van der Waals surface area contributed by atoms with E-state index in [-0.39, 0.29) is 0 Å². The molecule has 0 unspecified atom stereocenters. The lowest BCUT2D eigenvalue weighted by Crippen LogP contribution is -1.90. The lowest BCUT2D eigenvalue weighted by molar-refractivity contribution is 0.415. The standard InChI is InChI=1S/C17H20OS/c1-4-15(13-8-10-14(18-3)11-9-13)16(5-2)17-7-6-12-19-17/h6-12H,4-5H2,1-3H3/b16-15+. The Kier molecular flexibility index (Phi) is 4.80. The van der Waals surface area contributed by atoms with Crippen molar-refractivity contribution in [3.63, 3.8) is 0 Å². The molecule has 100 valence electrons. The molecular weight excluding hydrogens is 252 g/mol. The van der Waals surface area contributed by atoms with Crippen LogP contribution < -0.4 is 4.74 Å². The molecule has 19 heavy (non-hydrogen) atoms. The second kappa shape index (κ2) is 6.58. The van der Waals surface area contributed by atoms with Gasteiger partial charge >= 0.3 is 0 Å². The number of benzene rings is 1. The van der Waals surface area contributed by atoms with Gasteiger partial charge in [0.25, 0.3) is 0 Å². The Morgan fingerprint density at radius 2 is 1.68 bits per heavy atom. The monoisotopic (exact) mass is 272 g/mol. The van der Waals surface area contributed by atoms with Crippen molar-refractivity contribution in [2.24, 2.45) is 0 Å². The lowest BCUT2D eigenvalue weighted by Gasteiger charge is -2.13. The summed E-state index contributed by atoms with van der Waals surface area (Å²) in [6.07, 6.45) is 2.11. The first-order valence-electron chi connectivity index (χ1n) is 6.70. The second-order valence-corrected chi connectivity index (χ2v) is 5.32. The van der Waals surface area contributed by atoms with E-state index in [1.807, 2.05) is 23.5 Å². The molecule has 0 radical (unpaired) electrons. The third-order valence-corrected chi connectivity index (χ3v) is 4.26. The topological polar surface area (TPSA) is 9.23 Å². The number of thiophene rings is 1. The first-order valence-corrected chi connectivity index (χ1v) is 7.58. The number of ether oxygens (including phenoxy) is 1. The summed E-state index contributed by atoms with van der Waals surface area (Å²) in [4.78, 5) is 1.38. The number of rotatable bonds is 5. The molecule has 0 spiro atoms. The van der Waals surface area contributed by atoms with Crippen LogP contribution in [0, 0.1) is 0 Å². The maximum absolute atomic E-state index is 5.23. The Morgan fingerprint density at radius 1 is 1.00 bits per heavy atom. The third-order valence-electron chi connectivity index (χ3n) is 3.33. The fourth-order valence-electron chi connectivity index (χ4n) is 2.37. The Balaban J connectivity index is 2.46. The minimum Gasteiger partial charge on any atom is -0.497 e. The van der Waals surface area contributed by atoms with Crippen LogP contribution in [0.1, 0.15) is 37.1 Å². The first-order chi connectivity index (χ1) is 9.30. The molecule has 1 aromatic heterocycles. The molecule has 0 N–H and O–H groups in total. The molecule has 0 aliphatic carbocycles. The van der Waals surface area contributed by atoms with Crippen LogP contribution in [-0.2, 0) is 0 Å². The number of allylic oxidation sites excluding steroid dienone is 2. The van der Waals surface area contributed by atoms with Crippen LogP contribution in [0.3, 0.4) is 0 Å². The van der Waals surface area contributed by atoms with Gasteiger partial charge in [-0.1, -0.05) is 32.0 Å². The van der Waals surface area contributed by atoms with E-state index in [2.05, 4.69) is 43.5 Å². The number of methoxy groups -OCH3 is 1. The summed E-state index contributed by atoms with van der Waals surface area (Å²) in [6, 6.07) is 12.7. The first kappa shape index (κ1) is 13.9. The van der Waals surface area contributed by atoms with Gasteiger partial charge in [-0.2, -0.15) is 0 Å². The van der Waals surface area contributed by atoms with Crippen molar-refractivity contribution in [1.82, 2.24) is 0 Å². The summed E-state index contributed by atoms with van der Waals surface area (Å²) in [5.74, 6) is 0.911. The fraction of sp³-hybridized carbons (Fsp3) is 0.294. The van der Waals surface area contributed by atoms with Gasteiger partial charge in [0.1, 0.15) is 5.75 Å². The Labute approximate surface area is 119 Å². The molecule has 2 heteroatoms. The predicted octanol–water partition coefficient (Wildman–Crippen LogP) is 5.49. The second-order valence-electron chi connectivity index (χ2n) is 4.37. The van der Waals surface area contributed by atoms with Crippen LogP contribution in [0.4, 0.5) is 0 Å². The normalized spacial score (nSPS) is 12.2. The van der Waals surface area contributed by atoms with E-state index in [9.17, 15) is 0 Å². The Hall–Kier alpha value is -1.54. The summed E-state index contributed by atoms with van der Waals surface area (Å²) in [5, 5.41) is 2.15. The SMILES string of the molecule is CC/C(=C(/CC)c1cccs1)c1ccc(OC)cc1. The predicted molar refractivity (Wildman–Crippen MR) is 84.7 cm³/mol. The molecule has 2 rings (SSSR count). The van der Waals surface area contributed by atoms with Gasteiger partial charge in [0.05, 0.1) is 7.11 Å². The third kappa shape index (κ3) is 3.07. The zero-order valence-corrected chi connectivity index (χ0v) is 12.6. The Bertz CT molecular complexity index is 535. The number of hydrogen-bond donors (Lipinski definition) is 0. The van der Waals surface area contributed by atoms with Gasteiger partial charge in [-0.05, 0) is 53.1 Å². The summed E-state index contributed by atoms with van der Waals surface area (Å²) < 4.78 is 5.23. The van der Waals surface area contributed by atoms with E-state index in [0.717, 1.165) is 18.6 Å². The average Bonchev–Trinajstić information content (AvgIpc) is 2.98. The number of hydrogen-bond acceptors (Lipinski definition) is 2. The fourth-order valence-corrected chi connectivity index (χ4v) is 3.24. The maximum atomic E-state index is 5.23. The minimum absolute atomic E-state index is 0.911. The molecule has 0 fully saturated rings. The largest absolute Gasteiger partial charge is 0.497 e. The van der Waals surface area contributed by atoms with Crippen molar-refractivity contribution in [3.8, 4) is 5.75 Å². The van der Waals surface area contributed by atoms with Crippen LogP contribution in [0.5, 0.6) is 5.75 Å². The molecule has 0 aliphatic heterocycles. The van der Waals surface area contributed by atoms with E-state index in [1.165, 1.54) is 21.6 Å². The van der Waals surface area contributed by atoms with Crippen LogP contribution >= 0.6 is 11.3 Å². The van der Waals surface area contributed by atoms with Gasteiger partial charge in [-0.25, -0.2) is 0 Å². The maximum Gasteiger partial charge on any atom is 0.118 e. The van der Waals surface area contributed by atoms with Crippen LogP contribution in [0.2, 0.25) is 0 Å². The quantitative estimate of drug-likeness (QED) is 0.699. The van der Waals surface area contributed by atoms with Crippen LogP contribution in [0.25, 0.3) is 11.1 Å². The van der Waals surface area contributed by atoms with Gasteiger partial charge in [0.2, 0.25) is 0 Å². The highest BCUT2D eigenvalue weighted by molar-refractivity contribution is 7.11. The van der Waals surface area contributed by atoms with Gasteiger partial charge in [0.15, 0.2) is 0 Å². The summed E-state index contributed by atoms with van der Waals surface area (Å²) in [5.41, 5.74) is 4.20. The molecular formula is C17H20OS. The molecule has 0 saturated heterocycles. The molecule has 0 atom stereocenters. The summed E-state index contributed by atoms with van der Waals surface area (Å²) >= 11 is 1.82. The highest BCUT2D eigenvalue weighted by Gasteiger charge is 2.09. The summed E-state index contributed by atoms with van der Waals surface area (Å²) in [7, 11) is 1.70. The van der Waals surface area contributed by atoms with Gasteiger partial charge < -0.3 is 4.74 Å². The molecule has 1 nitrogen and oxygen atoms in total. The van der Waals surface area contributed by atoms with Crippen LogP contribution in [-0.4, -0.2) is 7.11 Å². The lowest BCUT2D eigenvalue weighted by atomic mass is 9.95. The van der Waals surface area contributed by atoms with Crippen molar-refractivity contribution >= 4 is 22.5 Å². The van der Waals surface area contributed by atoms with E-state index < -0.39 is 0 Å². The molecule has 0 saturated carbocycles. The summed E-state index contributed by atoms with van der Waals surface area (Å²) in [6.45, 7) is 4.46. The van der Waals surface area contributed by atoms with Gasteiger partial charge in [0, 0.05) is 4.88 Å². The highest BCUT2D eigenvalue weighted by Crippen LogP contribution is 2.34. The zero-order chi connectivity index (χ0) is 13.7. The zero-order valence-electron chi connectivity index (χ0n) is 11.8. The van der Waals surface area contributed by atoms with Crippen molar-refractivity contribution < 1.29 is 4.74 Å². The van der Waals surface area contributed by atoms with Crippen molar-refractivity contribution in [3.05, 3.63) is 52.2 Å². The minimum atomic E-state index is 0.911. The Morgan fingerprint density at radius 3 is 2.16 bits per heavy atom. The molecule has 1 heterocycles. The van der Waals surface area contributed by atoms with E-state index in [0.29, 0.717) is 0 Å². The molecule has 0 amide bonds. The molecule has 2 aromatic rings. The van der Waals surface area contributed by atoms with Crippen molar-refractivity contribution in [2.45, 2.75) is 26.7 Å². The van der Waals surface area contributed by atoms with Crippen LogP contribution in [0.15, 0.2) is 41.8 Å². The highest BCUT2D eigenvalue weighted by atomic mass is 32.1. The van der Waals surface area contributed by atoms with E-state index in [1.54, 1.807) is 7.11 Å². The van der Waals surface area contributed by atoms with Crippen molar-refractivity contribution in [1.29, 1.82) is 0 Å². The average molecular weight is 272 g/mol. The van der Waals surface area contributed by atoms with E-state index in [4.69, 9.17) is 4.74 Å². The molecule has 0 bridgehead atoms. The van der Waals surface area contributed by atoms with Gasteiger partial charge in [-0.15, -0.1) is 11.3 Å². The smallest absolute Gasteiger partial charge is 0.118 e. The van der Waals surface area contributed by atoms with Crippen molar-refractivity contribution in [2.75, 3.05) is 7.11 Å². The molecule has 1 aromatic carbocycles.